The molecule has 5 rings (SSSR count). The van der Waals surface area contributed by atoms with Gasteiger partial charge in [0.05, 0.1) is 16.7 Å². The van der Waals surface area contributed by atoms with E-state index >= 15 is 0 Å². The van der Waals surface area contributed by atoms with E-state index in [4.69, 9.17) is 0 Å². The van der Waals surface area contributed by atoms with E-state index in [1.807, 2.05) is 0 Å². The van der Waals surface area contributed by atoms with Gasteiger partial charge in [0, 0.05) is 29.6 Å². The molecule has 1 aliphatic rings. The molecule has 4 aromatic rings. The fraction of sp³-hybridized carbons (Fsp3) is 0.143. The molecule has 1 atom stereocenters. The topological polar surface area (TPSA) is 42.0 Å². The van der Waals surface area contributed by atoms with Crippen LogP contribution in [0.5, 0.6) is 0 Å². The van der Waals surface area contributed by atoms with E-state index in [2.05, 4.69) is 10.3 Å². The van der Waals surface area contributed by atoms with Crippen LogP contribution in [0.15, 0.2) is 79.1 Å². The Morgan fingerprint density at radius 1 is 0.889 bits per heavy atom. The maximum Gasteiger partial charge on any atom is 0.416 e. The number of carbonyl (C=O) groups is 1. The third-order valence-electron chi connectivity index (χ3n) is 6.45. The zero-order valence-electron chi connectivity index (χ0n) is 19.0. The SMILES string of the molecule is CC1(Cc2cc(F)cc(F)c2)C(=O)Nc2c(-c3cccnc3)cc(-c3cccc(C(F)(F)F)c3)cc21. The number of nitrogens with zero attached hydrogens (tertiary/aromatic N) is 1. The smallest absolute Gasteiger partial charge is 0.324 e. The number of pyridine rings is 1. The number of halogens is 5. The van der Waals surface area contributed by atoms with E-state index in [9.17, 15) is 26.7 Å². The van der Waals surface area contributed by atoms with Gasteiger partial charge in [-0.25, -0.2) is 8.78 Å². The van der Waals surface area contributed by atoms with Crippen LogP contribution in [0, 0.1) is 11.6 Å². The van der Waals surface area contributed by atoms with Crippen molar-refractivity contribution in [3.8, 4) is 22.3 Å². The first-order chi connectivity index (χ1) is 17.0. The fourth-order valence-corrected chi connectivity index (χ4v) is 4.67. The Morgan fingerprint density at radius 2 is 1.61 bits per heavy atom. The van der Waals surface area contributed by atoms with Gasteiger partial charge in [-0.15, -0.1) is 0 Å². The molecule has 182 valence electrons. The van der Waals surface area contributed by atoms with Gasteiger partial charge in [-0.05, 0) is 78.1 Å². The molecule has 1 aliphatic heterocycles. The zero-order valence-corrected chi connectivity index (χ0v) is 19.0. The summed E-state index contributed by atoms with van der Waals surface area (Å²) in [4.78, 5) is 17.4. The Bertz CT molecular complexity index is 1460. The Balaban J connectivity index is 1.72. The molecule has 0 spiro atoms. The molecular formula is C28H19F5N2O. The van der Waals surface area contributed by atoms with Gasteiger partial charge in [0.1, 0.15) is 11.6 Å². The summed E-state index contributed by atoms with van der Waals surface area (Å²) in [5.74, 6) is -1.91. The quantitative estimate of drug-likeness (QED) is 0.306. The average molecular weight is 494 g/mol. The first kappa shape index (κ1) is 23.7. The molecule has 1 amide bonds. The number of benzene rings is 3. The second kappa shape index (κ2) is 8.55. The lowest BCUT2D eigenvalue weighted by Gasteiger charge is -2.24. The number of rotatable bonds is 4. The summed E-state index contributed by atoms with van der Waals surface area (Å²) in [6.07, 6.45) is -1.36. The van der Waals surface area contributed by atoms with Crippen molar-refractivity contribution in [2.45, 2.75) is 24.9 Å². The number of hydrogen-bond donors (Lipinski definition) is 1. The van der Waals surface area contributed by atoms with Crippen LogP contribution in [0.2, 0.25) is 0 Å². The monoisotopic (exact) mass is 494 g/mol. The molecule has 0 saturated carbocycles. The summed E-state index contributed by atoms with van der Waals surface area (Å²) in [6, 6.07) is 14.9. The summed E-state index contributed by atoms with van der Waals surface area (Å²) < 4.78 is 68.0. The lowest BCUT2D eigenvalue weighted by molar-refractivity contribution is -0.137. The van der Waals surface area contributed by atoms with E-state index in [0.29, 0.717) is 33.5 Å². The minimum atomic E-state index is -4.52. The third-order valence-corrected chi connectivity index (χ3v) is 6.45. The highest BCUT2D eigenvalue weighted by Gasteiger charge is 2.44. The van der Waals surface area contributed by atoms with Crippen LogP contribution in [0.4, 0.5) is 27.6 Å². The molecule has 8 heteroatoms. The second-order valence-electron chi connectivity index (χ2n) is 9.01. The van der Waals surface area contributed by atoms with Gasteiger partial charge < -0.3 is 5.32 Å². The number of alkyl halides is 3. The summed E-state index contributed by atoms with van der Waals surface area (Å²) in [5.41, 5.74) is 1.28. The summed E-state index contributed by atoms with van der Waals surface area (Å²) in [6.45, 7) is 1.65. The van der Waals surface area contributed by atoms with Crippen LogP contribution in [-0.4, -0.2) is 10.9 Å². The Labute approximate surface area is 203 Å². The van der Waals surface area contributed by atoms with Gasteiger partial charge in [-0.1, -0.05) is 18.2 Å². The van der Waals surface area contributed by atoms with E-state index in [1.54, 1.807) is 49.6 Å². The largest absolute Gasteiger partial charge is 0.416 e. The van der Waals surface area contributed by atoms with Crippen LogP contribution >= 0.6 is 0 Å². The molecule has 0 fully saturated rings. The van der Waals surface area contributed by atoms with Crippen LogP contribution in [-0.2, 0) is 22.8 Å². The Morgan fingerprint density at radius 3 is 2.28 bits per heavy atom. The molecule has 0 aliphatic carbocycles. The number of aromatic nitrogens is 1. The molecular weight excluding hydrogens is 475 g/mol. The summed E-state index contributed by atoms with van der Waals surface area (Å²) in [5, 5.41) is 2.88. The van der Waals surface area contributed by atoms with Gasteiger partial charge in [0.25, 0.3) is 0 Å². The van der Waals surface area contributed by atoms with E-state index in [1.165, 1.54) is 6.07 Å². The number of hydrogen-bond acceptors (Lipinski definition) is 2. The summed E-state index contributed by atoms with van der Waals surface area (Å²) in [7, 11) is 0. The van der Waals surface area contributed by atoms with Crippen molar-refractivity contribution < 1.29 is 26.7 Å². The minimum Gasteiger partial charge on any atom is -0.324 e. The lowest BCUT2D eigenvalue weighted by Crippen LogP contribution is -2.33. The highest BCUT2D eigenvalue weighted by Crippen LogP contribution is 2.47. The number of anilines is 1. The van der Waals surface area contributed by atoms with Crippen molar-refractivity contribution >= 4 is 11.6 Å². The Hall–Kier alpha value is -4.07. The molecule has 36 heavy (non-hydrogen) atoms. The standard InChI is InChI=1S/C28H19F5N2O/c1-27(14-16-8-21(29)13-22(30)9-16)24-12-19(17-4-2-6-20(10-17)28(31,32)33)11-23(25(24)35-26(27)36)18-5-3-7-34-15-18/h2-13,15H,14H2,1H3,(H,35,36). The fourth-order valence-electron chi connectivity index (χ4n) is 4.67. The molecule has 3 nitrogen and oxygen atoms in total. The highest BCUT2D eigenvalue weighted by atomic mass is 19.4. The molecule has 0 radical (unpaired) electrons. The van der Waals surface area contributed by atoms with E-state index < -0.39 is 28.8 Å². The zero-order chi connectivity index (χ0) is 25.7. The lowest BCUT2D eigenvalue weighted by atomic mass is 9.76. The number of amides is 1. The highest BCUT2D eigenvalue weighted by molar-refractivity contribution is 6.10. The molecule has 0 saturated heterocycles. The maximum atomic E-state index is 13.9. The predicted octanol–water partition coefficient (Wildman–Crippen LogP) is 7.17. The van der Waals surface area contributed by atoms with Gasteiger partial charge in [0.2, 0.25) is 5.91 Å². The van der Waals surface area contributed by atoms with Gasteiger partial charge in [0.15, 0.2) is 0 Å². The van der Waals surface area contributed by atoms with Crippen LogP contribution in [0.1, 0.15) is 23.6 Å². The first-order valence-corrected chi connectivity index (χ1v) is 11.1. The van der Waals surface area contributed by atoms with Crippen molar-refractivity contribution in [2.24, 2.45) is 0 Å². The molecule has 0 bridgehead atoms. The predicted molar refractivity (Wildman–Crippen MR) is 126 cm³/mol. The molecule has 2 heterocycles. The molecule has 1 aromatic heterocycles. The second-order valence-corrected chi connectivity index (χ2v) is 9.01. The van der Waals surface area contributed by atoms with E-state index in [-0.39, 0.29) is 17.9 Å². The van der Waals surface area contributed by atoms with E-state index in [0.717, 1.165) is 30.3 Å². The van der Waals surface area contributed by atoms with Gasteiger partial charge in [-0.3, -0.25) is 9.78 Å². The van der Waals surface area contributed by atoms with Crippen molar-refractivity contribution in [1.82, 2.24) is 4.98 Å². The molecule has 1 N–H and O–H groups in total. The van der Waals surface area contributed by atoms with Gasteiger partial charge in [-0.2, -0.15) is 13.2 Å². The first-order valence-electron chi connectivity index (χ1n) is 11.1. The average Bonchev–Trinajstić information content (AvgIpc) is 3.07. The van der Waals surface area contributed by atoms with Crippen LogP contribution < -0.4 is 5.32 Å². The van der Waals surface area contributed by atoms with Crippen molar-refractivity contribution in [3.63, 3.8) is 0 Å². The minimum absolute atomic E-state index is 0.0148. The van der Waals surface area contributed by atoms with Crippen LogP contribution in [0.3, 0.4) is 0 Å². The number of fused-ring (bicyclic) bond motifs is 1. The maximum absolute atomic E-state index is 13.9. The molecule has 1 unspecified atom stereocenters. The number of carbonyl (C=O) groups excluding carboxylic acids is 1. The third kappa shape index (κ3) is 4.23. The van der Waals surface area contributed by atoms with Crippen molar-refractivity contribution in [1.29, 1.82) is 0 Å². The number of nitrogens with one attached hydrogen (secondary N) is 1. The summed E-state index contributed by atoms with van der Waals surface area (Å²) >= 11 is 0. The van der Waals surface area contributed by atoms with Crippen LogP contribution in [0.25, 0.3) is 22.3 Å². The molecule has 3 aromatic carbocycles. The normalized spacial score (nSPS) is 17.1. The van der Waals surface area contributed by atoms with Crippen molar-refractivity contribution in [2.75, 3.05) is 5.32 Å². The Kier molecular flexibility index (Phi) is 5.62. The van der Waals surface area contributed by atoms with Gasteiger partial charge >= 0.3 is 6.18 Å². The van der Waals surface area contributed by atoms with Crippen molar-refractivity contribution in [3.05, 3.63) is 107 Å².